The number of carbonyl (C=O) groups is 2. The number of amides is 1. The third kappa shape index (κ3) is 5.70. The minimum atomic E-state index is -0.525. The molecule has 0 unspecified atom stereocenters. The zero-order chi connectivity index (χ0) is 22.2. The summed E-state index contributed by atoms with van der Waals surface area (Å²) in [7, 11) is 3.02. The van der Waals surface area contributed by atoms with Crippen LogP contribution in [0.3, 0.4) is 0 Å². The number of nitrogens with zero attached hydrogens (tertiary/aromatic N) is 1. The highest BCUT2D eigenvalue weighted by Gasteiger charge is 2.13. The molecule has 0 heterocycles. The number of hydrogen-bond acceptors (Lipinski definition) is 6. The first kappa shape index (κ1) is 22.0. The molecule has 158 valence electrons. The lowest BCUT2D eigenvalue weighted by Gasteiger charge is -2.10. The van der Waals surface area contributed by atoms with E-state index in [4.69, 9.17) is 14.2 Å². The van der Waals surface area contributed by atoms with Gasteiger partial charge in [-0.1, -0.05) is 12.1 Å². The largest absolute Gasteiger partial charge is 0.497 e. The van der Waals surface area contributed by atoms with Crippen molar-refractivity contribution >= 4 is 34.0 Å². The molecule has 1 N–H and O–H groups in total. The Morgan fingerprint density at radius 3 is 2.35 bits per heavy atom. The molecule has 3 aromatic carbocycles. The fourth-order valence-corrected chi connectivity index (χ4v) is 3.07. The lowest BCUT2D eigenvalue weighted by molar-refractivity contribution is 0.0729. The second kappa shape index (κ2) is 10.4. The minimum Gasteiger partial charge on any atom is -0.497 e. The van der Waals surface area contributed by atoms with Gasteiger partial charge < -0.3 is 14.2 Å². The van der Waals surface area contributed by atoms with E-state index in [1.165, 1.54) is 13.3 Å². The predicted molar refractivity (Wildman–Crippen MR) is 120 cm³/mol. The highest BCUT2D eigenvalue weighted by molar-refractivity contribution is 9.10. The van der Waals surface area contributed by atoms with Crippen molar-refractivity contribution in [1.29, 1.82) is 0 Å². The van der Waals surface area contributed by atoms with E-state index in [1.807, 2.05) is 6.07 Å². The molecule has 7 nitrogen and oxygen atoms in total. The molecular formula is C23H19BrN2O5. The summed E-state index contributed by atoms with van der Waals surface area (Å²) in [5.74, 6) is 0.383. The number of carbonyl (C=O) groups excluding carboxylic acids is 2. The third-order valence-corrected chi connectivity index (χ3v) is 4.91. The van der Waals surface area contributed by atoms with Gasteiger partial charge in [0.25, 0.3) is 5.91 Å². The van der Waals surface area contributed by atoms with Gasteiger partial charge >= 0.3 is 5.97 Å². The molecule has 3 aromatic rings. The van der Waals surface area contributed by atoms with Crippen molar-refractivity contribution in [3.63, 3.8) is 0 Å². The number of ether oxygens (including phenoxy) is 3. The van der Waals surface area contributed by atoms with Gasteiger partial charge in [-0.2, -0.15) is 5.10 Å². The third-order valence-electron chi connectivity index (χ3n) is 4.21. The molecule has 31 heavy (non-hydrogen) atoms. The molecule has 1 amide bonds. The van der Waals surface area contributed by atoms with Crippen molar-refractivity contribution < 1.29 is 23.8 Å². The van der Waals surface area contributed by atoms with E-state index in [-0.39, 0.29) is 11.7 Å². The summed E-state index contributed by atoms with van der Waals surface area (Å²) in [6, 6.07) is 18.5. The van der Waals surface area contributed by atoms with Crippen molar-refractivity contribution in [1.82, 2.24) is 5.43 Å². The number of esters is 1. The van der Waals surface area contributed by atoms with Crippen LogP contribution < -0.4 is 19.6 Å². The number of halogens is 1. The maximum Gasteiger partial charge on any atom is 0.343 e. The molecule has 0 fully saturated rings. The highest BCUT2D eigenvalue weighted by Crippen LogP contribution is 2.28. The molecule has 0 spiro atoms. The van der Waals surface area contributed by atoms with Gasteiger partial charge in [0.2, 0.25) is 0 Å². The van der Waals surface area contributed by atoms with Gasteiger partial charge in [0.05, 0.1) is 31.6 Å². The lowest BCUT2D eigenvalue weighted by atomic mass is 10.2. The van der Waals surface area contributed by atoms with E-state index >= 15 is 0 Å². The van der Waals surface area contributed by atoms with Crippen LogP contribution in [0.25, 0.3) is 0 Å². The first-order valence-corrected chi connectivity index (χ1v) is 9.93. The summed E-state index contributed by atoms with van der Waals surface area (Å²) in [5.41, 5.74) is 3.96. The first-order chi connectivity index (χ1) is 15.0. The van der Waals surface area contributed by atoms with Gasteiger partial charge in [-0.15, -0.1) is 0 Å². The smallest absolute Gasteiger partial charge is 0.343 e. The fourth-order valence-electron chi connectivity index (χ4n) is 2.61. The second-order valence-electron chi connectivity index (χ2n) is 6.21. The minimum absolute atomic E-state index is 0.262. The number of methoxy groups -OCH3 is 2. The van der Waals surface area contributed by atoms with Crippen LogP contribution in [0.1, 0.15) is 26.3 Å². The van der Waals surface area contributed by atoms with E-state index in [0.29, 0.717) is 32.7 Å². The number of hydrazone groups is 1. The molecule has 0 aliphatic carbocycles. The van der Waals surface area contributed by atoms with Crippen molar-refractivity contribution in [2.75, 3.05) is 14.2 Å². The first-order valence-electron chi connectivity index (χ1n) is 9.14. The molecule has 0 atom stereocenters. The maximum absolute atomic E-state index is 12.4. The summed E-state index contributed by atoms with van der Waals surface area (Å²) in [6.07, 6.45) is 1.46. The zero-order valence-corrected chi connectivity index (χ0v) is 18.4. The van der Waals surface area contributed by atoms with Gasteiger partial charge in [-0.05, 0) is 76.1 Å². The van der Waals surface area contributed by atoms with E-state index in [0.717, 1.165) is 0 Å². The normalized spacial score (nSPS) is 10.5. The van der Waals surface area contributed by atoms with Crippen molar-refractivity contribution in [2.24, 2.45) is 5.10 Å². The van der Waals surface area contributed by atoms with Crippen molar-refractivity contribution in [3.8, 4) is 17.2 Å². The predicted octanol–water partition coefficient (Wildman–Crippen LogP) is 4.45. The van der Waals surface area contributed by atoms with Crippen LogP contribution in [0.2, 0.25) is 0 Å². The summed E-state index contributed by atoms with van der Waals surface area (Å²) >= 11 is 3.33. The number of benzene rings is 3. The van der Waals surface area contributed by atoms with Crippen LogP contribution in [-0.4, -0.2) is 32.3 Å². The standard InChI is InChI=1S/C23H19BrN2O5/c1-29-17-10-8-16(9-11-17)23(28)31-20-12-7-15(13-21(20)30-2)14-25-26-22(27)18-5-3-4-6-19(18)24/h3-14H,1-2H3,(H,26,27). The van der Waals surface area contributed by atoms with Crippen LogP contribution >= 0.6 is 15.9 Å². The van der Waals surface area contributed by atoms with E-state index in [2.05, 4.69) is 26.5 Å². The Hall–Kier alpha value is -3.65. The van der Waals surface area contributed by atoms with Crippen LogP contribution in [0, 0.1) is 0 Å². The highest BCUT2D eigenvalue weighted by atomic mass is 79.9. The van der Waals surface area contributed by atoms with E-state index in [1.54, 1.807) is 67.8 Å². The van der Waals surface area contributed by atoms with Crippen LogP contribution in [0.4, 0.5) is 0 Å². The summed E-state index contributed by atoms with van der Waals surface area (Å²) in [4.78, 5) is 24.6. The average molecular weight is 483 g/mol. The second-order valence-corrected chi connectivity index (χ2v) is 7.06. The molecule has 0 saturated heterocycles. The fraction of sp³-hybridized carbons (Fsp3) is 0.0870. The van der Waals surface area contributed by atoms with Crippen molar-refractivity contribution in [2.45, 2.75) is 0 Å². The number of rotatable bonds is 7. The molecule has 0 bridgehead atoms. The lowest BCUT2D eigenvalue weighted by Crippen LogP contribution is -2.18. The molecular weight excluding hydrogens is 464 g/mol. The molecule has 0 aliphatic heterocycles. The Kier molecular flexibility index (Phi) is 7.40. The molecule has 0 radical (unpaired) electrons. The van der Waals surface area contributed by atoms with Gasteiger partial charge in [0.15, 0.2) is 11.5 Å². The quantitative estimate of drug-likeness (QED) is 0.232. The van der Waals surface area contributed by atoms with Crippen LogP contribution in [-0.2, 0) is 0 Å². The topological polar surface area (TPSA) is 86.2 Å². The molecule has 0 saturated carbocycles. The molecule has 0 aliphatic rings. The van der Waals surface area contributed by atoms with Crippen molar-refractivity contribution in [3.05, 3.63) is 87.9 Å². The molecule has 8 heteroatoms. The summed E-state index contributed by atoms with van der Waals surface area (Å²) < 4.78 is 16.5. The number of nitrogens with one attached hydrogen (secondary N) is 1. The monoisotopic (exact) mass is 482 g/mol. The Balaban J connectivity index is 1.67. The Morgan fingerprint density at radius 2 is 1.68 bits per heavy atom. The molecule has 3 rings (SSSR count). The number of hydrogen-bond donors (Lipinski definition) is 1. The average Bonchev–Trinajstić information content (AvgIpc) is 2.80. The van der Waals surface area contributed by atoms with E-state index in [9.17, 15) is 9.59 Å². The summed E-state index contributed by atoms with van der Waals surface area (Å²) in [5, 5.41) is 3.97. The van der Waals surface area contributed by atoms with Gasteiger partial charge in [-0.3, -0.25) is 4.79 Å². The Bertz CT molecular complexity index is 1110. The van der Waals surface area contributed by atoms with E-state index < -0.39 is 5.97 Å². The zero-order valence-electron chi connectivity index (χ0n) is 16.8. The Morgan fingerprint density at radius 1 is 0.935 bits per heavy atom. The SMILES string of the molecule is COc1ccc(C(=O)Oc2ccc(C=NNC(=O)c3ccccc3Br)cc2OC)cc1. The molecule has 0 aromatic heterocycles. The van der Waals surface area contributed by atoms with Gasteiger partial charge in [0.1, 0.15) is 5.75 Å². The van der Waals surface area contributed by atoms with Gasteiger partial charge in [-0.25, -0.2) is 10.2 Å². The Labute approximate surface area is 187 Å². The summed E-state index contributed by atoms with van der Waals surface area (Å²) in [6.45, 7) is 0. The van der Waals surface area contributed by atoms with Crippen LogP contribution in [0.15, 0.2) is 76.3 Å². The van der Waals surface area contributed by atoms with Gasteiger partial charge in [0, 0.05) is 4.47 Å². The van der Waals surface area contributed by atoms with Crippen LogP contribution in [0.5, 0.6) is 17.2 Å². The maximum atomic E-state index is 12.4.